The zero-order chi connectivity index (χ0) is 15.3. The molecule has 0 atom stereocenters. The van der Waals surface area contributed by atoms with E-state index in [-0.39, 0.29) is 35.1 Å². The van der Waals surface area contributed by atoms with Crippen LogP contribution in [-0.2, 0) is 9.47 Å². The van der Waals surface area contributed by atoms with Crippen LogP contribution in [-0.4, -0.2) is 29.7 Å². The Morgan fingerprint density at radius 2 is 2.00 bits per heavy atom. The highest BCUT2D eigenvalue weighted by atomic mass is 35.5. The molecule has 110 valence electrons. The van der Waals surface area contributed by atoms with Crippen LogP contribution in [0.2, 0.25) is 5.02 Å². The van der Waals surface area contributed by atoms with Crippen molar-refractivity contribution < 1.29 is 19.2 Å². The Labute approximate surface area is 121 Å². The monoisotopic (exact) mass is 301 g/mol. The molecule has 1 aromatic rings. The van der Waals surface area contributed by atoms with Crippen LogP contribution in [0.1, 0.15) is 31.1 Å². The molecular formula is C13H16ClNO5. The van der Waals surface area contributed by atoms with Crippen molar-refractivity contribution in [3.63, 3.8) is 0 Å². The number of hydrogen-bond donors (Lipinski definition) is 0. The predicted molar refractivity (Wildman–Crippen MR) is 74.1 cm³/mol. The van der Waals surface area contributed by atoms with Crippen LogP contribution in [0.15, 0.2) is 18.2 Å². The van der Waals surface area contributed by atoms with Gasteiger partial charge in [0.25, 0.3) is 5.69 Å². The van der Waals surface area contributed by atoms with E-state index < -0.39 is 10.9 Å². The molecule has 1 rings (SSSR count). The summed E-state index contributed by atoms with van der Waals surface area (Å²) in [5.74, 6) is -0.795. The maximum atomic E-state index is 11.8. The maximum Gasteiger partial charge on any atom is 0.345 e. The van der Waals surface area contributed by atoms with E-state index in [4.69, 9.17) is 21.1 Å². The molecule has 0 N–H and O–H groups in total. The van der Waals surface area contributed by atoms with Crippen molar-refractivity contribution in [1.82, 2.24) is 0 Å². The van der Waals surface area contributed by atoms with Crippen molar-refractivity contribution in [3.8, 4) is 0 Å². The van der Waals surface area contributed by atoms with Crippen LogP contribution in [0, 0.1) is 10.1 Å². The fourth-order valence-corrected chi connectivity index (χ4v) is 1.56. The molecule has 0 saturated heterocycles. The van der Waals surface area contributed by atoms with Gasteiger partial charge in [-0.1, -0.05) is 11.6 Å². The molecule has 0 radical (unpaired) electrons. The topological polar surface area (TPSA) is 78.7 Å². The van der Waals surface area contributed by atoms with Crippen molar-refractivity contribution >= 4 is 23.3 Å². The van der Waals surface area contributed by atoms with Gasteiger partial charge in [-0.3, -0.25) is 10.1 Å². The van der Waals surface area contributed by atoms with Gasteiger partial charge in [0.2, 0.25) is 0 Å². The molecule has 0 aliphatic heterocycles. The fourth-order valence-electron chi connectivity index (χ4n) is 1.39. The van der Waals surface area contributed by atoms with E-state index >= 15 is 0 Å². The Balaban J connectivity index is 2.68. The van der Waals surface area contributed by atoms with E-state index in [9.17, 15) is 14.9 Å². The Kier molecular flexibility index (Phi) is 5.47. The minimum absolute atomic E-state index is 0.0137. The molecule has 0 fully saturated rings. The SMILES string of the molecule is CC(C)(C)OCCOC(=O)c1cc(Cl)ccc1[N+](=O)[O-]. The summed E-state index contributed by atoms with van der Waals surface area (Å²) in [6, 6.07) is 3.73. The third kappa shape index (κ3) is 5.14. The van der Waals surface area contributed by atoms with Gasteiger partial charge in [0, 0.05) is 11.1 Å². The molecule has 0 aliphatic rings. The first-order chi connectivity index (χ1) is 9.20. The number of hydrogen-bond acceptors (Lipinski definition) is 5. The molecule has 0 unspecified atom stereocenters. The largest absolute Gasteiger partial charge is 0.459 e. The molecule has 20 heavy (non-hydrogen) atoms. The first-order valence-corrected chi connectivity index (χ1v) is 6.33. The van der Waals surface area contributed by atoms with Crippen molar-refractivity contribution in [3.05, 3.63) is 38.9 Å². The molecule has 0 aromatic heterocycles. The molecule has 0 amide bonds. The smallest absolute Gasteiger partial charge is 0.345 e. The average molecular weight is 302 g/mol. The summed E-state index contributed by atoms with van der Waals surface area (Å²) in [5.41, 5.74) is -0.844. The second kappa shape index (κ2) is 6.67. The number of esters is 1. The lowest BCUT2D eigenvalue weighted by molar-refractivity contribution is -0.385. The zero-order valence-electron chi connectivity index (χ0n) is 11.5. The number of rotatable bonds is 5. The number of ether oxygens (including phenoxy) is 2. The predicted octanol–water partition coefficient (Wildman–Crippen LogP) is 3.22. The van der Waals surface area contributed by atoms with Gasteiger partial charge in [-0.2, -0.15) is 0 Å². The number of benzene rings is 1. The van der Waals surface area contributed by atoms with Crippen molar-refractivity contribution in [1.29, 1.82) is 0 Å². The van der Waals surface area contributed by atoms with Crippen molar-refractivity contribution in [2.24, 2.45) is 0 Å². The molecule has 0 spiro atoms. The minimum atomic E-state index is -0.795. The third-order valence-electron chi connectivity index (χ3n) is 2.23. The molecule has 0 saturated carbocycles. The molecular weight excluding hydrogens is 286 g/mol. The van der Waals surface area contributed by atoms with Gasteiger partial charge in [0.1, 0.15) is 12.2 Å². The normalized spacial score (nSPS) is 11.2. The van der Waals surface area contributed by atoms with Gasteiger partial charge in [0.15, 0.2) is 0 Å². The van der Waals surface area contributed by atoms with Crippen molar-refractivity contribution in [2.45, 2.75) is 26.4 Å². The second-order valence-electron chi connectivity index (χ2n) is 5.02. The standard InChI is InChI=1S/C13H16ClNO5/c1-13(2,3)20-7-6-19-12(16)10-8-9(14)4-5-11(10)15(17)18/h4-5,8H,6-7H2,1-3H3. The fraction of sp³-hybridized carbons (Fsp3) is 0.462. The Morgan fingerprint density at radius 3 is 2.55 bits per heavy atom. The maximum absolute atomic E-state index is 11.8. The summed E-state index contributed by atoms with van der Waals surface area (Å²) >= 11 is 5.73. The van der Waals surface area contributed by atoms with Crippen molar-refractivity contribution in [2.75, 3.05) is 13.2 Å². The summed E-state index contributed by atoms with van der Waals surface area (Å²) in [6.07, 6.45) is 0. The van der Waals surface area contributed by atoms with Crippen LogP contribution in [0.4, 0.5) is 5.69 Å². The number of carbonyl (C=O) groups is 1. The van der Waals surface area contributed by atoms with Crippen LogP contribution in [0.5, 0.6) is 0 Å². The molecule has 6 nitrogen and oxygen atoms in total. The summed E-state index contributed by atoms with van der Waals surface area (Å²) in [4.78, 5) is 22.0. The highest BCUT2D eigenvalue weighted by molar-refractivity contribution is 6.31. The van der Waals surface area contributed by atoms with Crippen LogP contribution >= 0.6 is 11.6 Å². The van der Waals surface area contributed by atoms with E-state index in [1.807, 2.05) is 20.8 Å². The number of nitrogens with zero attached hydrogens (tertiary/aromatic N) is 1. The first kappa shape index (κ1) is 16.4. The van der Waals surface area contributed by atoms with Crippen LogP contribution in [0.3, 0.4) is 0 Å². The van der Waals surface area contributed by atoms with Gasteiger partial charge in [-0.25, -0.2) is 4.79 Å². The Morgan fingerprint density at radius 1 is 1.35 bits per heavy atom. The van der Waals surface area contributed by atoms with Crippen LogP contribution < -0.4 is 0 Å². The van der Waals surface area contributed by atoms with E-state index in [1.54, 1.807) is 0 Å². The zero-order valence-corrected chi connectivity index (χ0v) is 12.3. The number of nitro benzene ring substituents is 1. The molecule has 1 aromatic carbocycles. The summed E-state index contributed by atoms with van der Waals surface area (Å²) in [7, 11) is 0. The summed E-state index contributed by atoms with van der Waals surface area (Å²) in [5, 5.41) is 11.1. The summed E-state index contributed by atoms with van der Waals surface area (Å²) < 4.78 is 10.3. The molecule has 0 aliphatic carbocycles. The molecule has 0 heterocycles. The molecule has 0 bridgehead atoms. The van der Waals surface area contributed by atoms with Gasteiger partial charge >= 0.3 is 5.97 Å². The van der Waals surface area contributed by atoms with Gasteiger partial charge < -0.3 is 9.47 Å². The Hall–Kier alpha value is -1.66. The average Bonchev–Trinajstić information content (AvgIpc) is 2.32. The van der Waals surface area contributed by atoms with E-state index in [2.05, 4.69) is 0 Å². The third-order valence-corrected chi connectivity index (χ3v) is 2.46. The number of halogens is 1. The van der Waals surface area contributed by atoms with Gasteiger partial charge in [-0.15, -0.1) is 0 Å². The van der Waals surface area contributed by atoms with E-state index in [0.717, 1.165) is 0 Å². The Bertz CT molecular complexity index is 510. The lowest BCUT2D eigenvalue weighted by Crippen LogP contribution is -2.22. The van der Waals surface area contributed by atoms with E-state index in [1.165, 1.54) is 18.2 Å². The lowest BCUT2D eigenvalue weighted by atomic mass is 10.2. The second-order valence-corrected chi connectivity index (χ2v) is 5.45. The first-order valence-electron chi connectivity index (χ1n) is 5.96. The number of carbonyl (C=O) groups excluding carboxylic acids is 1. The molecule has 7 heteroatoms. The highest BCUT2D eigenvalue weighted by Crippen LogP contribution is 2.23. The quantitative estimate of drug-likeness (QED) is 0.361. The lowest BCUT2D eigenvalue weighted by Gasteiger charge is -2.19. The summed E-state index contributed by atoms with van der Waals surface area (Å²) in [6.45, 7) is 5.84. The van der Waals surface area contributed by atoms with E-state index in [0.29, 0.717) is 0 Å². The minimum Gasteiger partial charge on any atom is -0.459 e. The number of nitro groups is 1. The van der Waals surface area contributed by atoms with Gasteiger partial charge in [-0.05, 0) is 32.9 Å². The van der Waals surface area contributed by atoms with Gasteiger partial charge in [0.05, 0.1) is 17.1 Å². The highest BCUT2D eigenvalue weighted by Gasteiger charge is 2.22. The van der Waals surface area contributed by atoms with Crippen LogP contribution in [0.25, 0.3) is 0 Å².